The minimum Gasteiger partial charge on any atom is -0.326 e. The van der Waals surface area contributed by atoms with E-state index in [9.17, 15) is 4.79 Å². The third kappa shape index (κ3) is 5.63. The summed E-state index contributed by atoms with van der Waals surface area (Å²) in [5.41, 5.74) is 3.35. The van der Waals surface area contributed by atoms with E-state index in [2.05, 4.69) is 41.5 Å². The molecule has 2 N–H and O–H groups in total. The number of nitrogens with one attached hydrogen (secondary N) is 2. The van der Waals surface area contributed by atoms with Crippen LogP contribution in [0.1, 0.15) is 37.3 Å². The molecule has 1 saturated heterocycles. The maximum atomic E-state index is 12.4. The van der Waals surface area contributed by atoms with Crippen molar-refractivity contribution >= 4 is 11.6 Å². The van der Waals surface area contributed by atoms with Crippen molar-refractivity contribution in [2.24, 2.45) is 11.8 Å². The van der Waals surface area contributed by atoms with Crippen LogP contribution < -0.4 is 10.6 Å². The summed E-state index contributed by atoms with van der Waals surface area (Å²) < 4.78 is 0. The monoisotopic (exact) mass is 317 g/mol. The summed E-state index contributed by atoms with van der Waals surface area (Å²) >= 11 is 0. The van der Waals surface area contributed by atoms with E-state index in [-0.39, 0.29) is 5.91 Å². The van der Waals surface area contributed by atoms with E-state index in [0.717, 1.165) is 25.3 Å². The zero-order chi connectivity index (χ0) is 16.8. The van der Waals surface area contributed by atoms with Crippen molar-refractivity contribution in [1.29, 1.82) is 0 Å². The van der Waals surface area contributed by atoms with Gasteiger partial charge in [-0.1, -0.05) is 24.6 Å². The Balaban J connectivity index is 1.96. The summed E-state index contributed by atoms with van der Waals surface area (Å²) in [7, 11) is 4.10. The molecule has 4 nitrogen and oxygen atoms in total. The van der Waals surface area contributed by atoms with Gasteiger partial charge in [0.25, 0.3) is 0 Å². The number of nitrogens with zero attached hydrogens (tertiary/aromatic N) is 1. The van der Waals surface area contributed by atoms with E-state index in [1.54, 1.807) is 0 Å². The number of rotatable bonds is 6. The first-order valence-electron chi connectivity index (χ1n) is 8.70. The van der Waals surface area contributed by atoms with Crippen molar-refractivity contribution < 1.29 is 4.79 Å². The molecule has 1 aliphatic rings. The molecule has 4 heteroatoms. The summed E-state index contributed by atoms with van der Waals surface area (Å²) in [5.74, 6) is 1.17. The third-order valence-corrected chi connectivity index (χ3v) is 4.67. The zero-order valence-electron chi connectivity index (χ0n) is 15.0. The van der Waals surface area contributed by atoms with Crippen molar-refractivity contribution in [3.63, 3.8) is 0 Å². The second-order valence-corrected chi connectivity index (χ2v) is 7.23. The lowest BCUT2D eigenvalue weighted by molar-refractivity contribution is -0.117. The fourth-order valence-electron chi connectivity index (χ4n) is 3.34. The Morgan fingerprint density at radius 3 is 2.87 bits per heavy atom. The standard InChI is InChI=1S/C19H31N3O/c1-14-7-8-18(17(10-14)13-22(3)4)21-19(23)11-15(2)16-6-5-9-20-12-16/h7-8,10,15-16,20H,5-6,9,11-13H2,1-4H3,(H,21,23). The van der Waals surface area contributed by atoms with E-state index < -0.39 is 0 Å². The average molecular weight is 317 g/mol. The number of piperidine rings is 1. The van der Waals surface area contributed by atoms with E-state index in [1.165, 1.54) is 24.0 Å². The Morgan fingerprint density at radius 1 is 1.43 bits per heavy atom. The maximum absolute atomic E-state index is 12.4. The Kier molecular flexibility index (Phi) is 6.60. The topological polar surface area (TPSA) is 44.4 Å². The number of hydrogen-bond acceptors (Lipinski definition) is 3. The van der Waals surface area contributed by atoms with Gasteiger partial charge in [-0.25, -0.2) is 0 Å². The fourth-order valence-corrected chi connectivity index (χ4v) is 3.34. The predicted octanol–water partition coefficient (Wildman–Crippen LogP) is 3.02. The first kappa shape index (κ1) is 18.0. The number of carbonyl (C=O) groups excluding carboxylic acids is 1. The van der Waals surface area contributed by atoms with Gasteiger partial charge in [0.2, 0.25) is 5.91 Å². The molecule has 0 bridgehead atoms. The molecule has 0 radical (unpaired) electrons. The van der Waals surface area contributed by atoms with Crippen LogP contribution in [0.2, 0.25) is 0 Å². The highest BCUT2D eigenvalue weighted by atomic mass is 16.1. The lowest BCUT2D eigenvalue weighted by Gasteiger charge is -2.28. The molecule has 1 aromatic carbocycles. The summed E-state index contributed by atoms with van der Waals surface area (Å²) in [6.07, 6.45) is 3.06. The predicted molar refractivity (Wildman–Crippen MR) is 96.6 cm³/mol. The highest BCUT2D eigenvalue weighted by Crippen LogP contribution is 2.24. The molecule has 0 saturated carbocycles. The first-order valence-corrected chi connectivity index (χ1v) is 8.70. The van der Waals surface area contributed by atoms with Crippen molar-refractivity contribution in [2.45, 2.75) is 39.7 Å². The molecule has 0 spiro atoms. The second kappa shape index (κ2) is 8.46. The summed E-state index contributed by atoms with van der Waals surface area (Å²) in [4.78, 5) is 14.6. The number of amides is 1. The van der Waals surface area contributed by atoms with Crippen LogP contribution in [0.15, 0.2) is 18.2 Å². The highest BCUT2D eigenvalue weighted by Gasteiger charge is 2.22. The Morgan fingerprint density at radius 2 is 2.22 bits per heavy atom. The van der Waals surface area contributed by atoms with Gasteiger partial charge >= 0.3 is 0 Å². The molecular formula is C19H31N3O. The van der Waals surface area contributed by atoms with E-state index in [4.69, 9.17) is 0 Å². The molecule has 2 rings (SSSR count). The minimum atomic E-state index is 0.131. The molecule has 0 aliphatic carbocycles. The van der Waals surface area contributed by atoms with Gasteiger partial charge in [-0.3, -0.25) is 4.79 Å². The molecule has 23 heavy (non-hydrogen) atoms. The molecule has 1 aromatic rings. The van der Waals surface area contributed by atoms with Crippen LogP contribution in [-0.2, 0) is 11.3 Å². The molecule has 0 aromatic heterocycles. The molecule has 1 heterocycles. The van der Waals surface area contributed by atoms with Gasteiger partial charge in [0.15, 0.2) is 0 Å². The number of hydrogen-bond donors (Lipinski definition) is 2. The van der Waals surface area contributed by atoms with Gasteiger partial charge in [-0.2, -0.15) is 0 Å². The minimum absolute atomic E-state index is 0.131. The average Bonchev–Trinajstić information content (AvgIpc) is 2.50. The van der Waals surface area contributed by atoms with Gasteiger partial charge in [-0.05, 0) is 70.4 Å². The number of aryl methyl sites for hydroxylation is 1. The van der Waals surface area contributed by atoms with Gasteiger partial charge in [0.05, 0.1) is 0 Å². The van der Waals surface area contributed by atoms with Crippen molar-refractivity contribution in [3.8, 4) is 0 Å². The van der Waals surface area contributed by atoms with Gasteiger partial charge < -0.3 is 15.5 Å². The maximum Gasteiger partial charge on any atom is 0.224 e. The second-order valence-electron chi connectivity index (χ2n) is 7.23. The van der Waals surface area contributed by atoms with Crippen LogP contribution >= 0.6 is 0 Å². The highest BCUT2D eigenvalue weighted by molar-refractivity contribution is 5.91. The Hall–Kier alpha value is -1.39. The molecule has 1 amide bonds. The molecular weight excluding hydrogens is 286 g/mol. The SMILES string of the molecule is Cc1ccc(NC(=O)CC(C)C2CCCNC2)c(CN(C)C)c1. The summed E-state index contributed by atoms with van der Waals surface area (Å²) in [5, 5.41) is 6.57. The van der Waals surface area contributed by atoms with Crippen molar-refractivity contribution in [3.05, 3.63) is 29.3 Å². The van der Waals surface area contributed by atoms with E-state index >= 15 is 0 Å². The Bertz CT molecular complexity index is 521. The normalized spacial score (nSPS) is 19.6. The zero-order valence-corrected chi connectivity index (χ0v) is 15.0. The fraction of sp³-hybridized carbons (Fsp3) is 0.632. The van der Waals surface area contributed by atoms with Crippen LogP contribution in [0.5, 0.6) is 0 Å². The lowest BCUT2D eigenvalue weighted by atomic mass is 9.85. The third-order valence-electron chi connectivity index (χ3n) is 4.67. The van der Waals surface area contributed by atoms with Gasteiger partial charge in [-0.15, -0.1) is 0 Å². The quantitative estimate of drug-likeness (QED) is 0.848. The molecule has 2 unspecified atom stereocenters. The van der Waals surface area contributed by atoms with Gasteiger partial charge in [0.1, 0.15) is 0 Å². The number of carbonyl (C=O) groups is 1. The van der Waals surface area contributed by atoms with Crippen LogP contribution in [-0.4, -0.2) is 38.0 Å². The molecule has 2 atom stereocenters. The molecule has 1 fully saturated rings. The van der Waals surface area contributed by atoms with E-state index in [1.807, 2.05) is 20.2 Å². The molecule has 128 valence electrons. The van der Waals surface area contributed by atoms with Crippen LogP contribution in [0.4, 0.5) is 5.69 Å². The van der Waals surface area contributed by atoms with Crippen molar-refractivity contribution in [1.82, 2.24) is 10.2 Å². The Labute approximate surface area is 140 Å². The van der Waals surface area contributed by atoms with Gasteiger partial charge in [0, 0.05) is 18.7 Å². The van der Waals surface area contributed by atoms with Crippen molar-refractivity contribution in [2.75, 3.05) is 32.5 Å². The lowest BCUT2D eigenvalue weighted by Crippen LogP contribution is -2.34. The molecule has 1 aliphatic heterocycles. The number of anilines is 1. The number of benzene rings is 1. The van der Waals surface area contributed by atoms with Crippen LogP contribution in [0.3, 0.4) is 0 Å². The van der Waals surface area contributed by atoms with E-state index in [0.29, 0.717) is 18.3 Å². The van der Waals surface area contributed by atoms with Crippen LogP contribution in [0, 0.1) is 18.8 Å². The van der Waals surface area contributed by atoms with Crippen LogP contribution in [0.25, 0.3) is 0 Å². The summed E-state index contributed by atoms with van der Waals surface area (Å²) in [6, 6.07) is 6.24. The smallest absolute Gasteiger partial charge is 0.224 e. The summed E-state index contributed by atoms with van der Waals surface area (Å²) in [6.45, 7) is 7.28. The first-order chi connectivity index (χ1) is 11.0. The largest absolute Gasteiger partial charge is 0.326 e.